The highest BCUT2D eigenvalue weighted by atomic mass is 32.2. The highest BCUT2D eigenvalue weighted by Gasteiger charge is 2.37. The number of anilines is 1. The molecule has 0 amide bonds. The van der Waals surface area contributed by atoms with Gasteiger partial charge in [-0.05, 0) is 25.2 Å². The van der Waals surface area contributed by atoms with Gasteiger partial charge in [-0.15, -0.1) is 0 Å². The second-order valence-corrected chi connectivity index (χ2v) is 8.05. The Bertz CT molecular complexity index is 651. The molecule has 116 valence electrons. The number of nitrogens with two attached hydrogens (primary N) is 1. The van der Waals surface area contributed by atoms with Crippen LogP contribution in [0, 0.1) is 10.1 Å². The summed E-state index contributed by atoms with van der Waals surface area (Å²) in [6.07, 6.45) is 5.02. The fourth-order valence-electron chi connectivity index (χ4n) is 2.22. The van der Waals surface area contributed by atoms with Crippen LogP contribution >= 0.6 is 11.8 Å². The molecule has 1 fully saturated rings. The van der Waals surface area contributed by atoms with Crippen LogP contribution in [0.5, 0.6) is 0 Å². The van der Waals surface area contributed by atoms with E-state index >= 15 is 0 Å². The molecule has 0 radical (unpaired) electrons. The number of sulfonamides is 1. The number of hydrogen-bond donors (Lipinski definition) is 2. The van der Waals surface area contributed by atoms with Gasteiger partial charge in [0, 0.05) is 23.4 Å². The number of rotatable bonds is 6. The summed E-state index contributed by atoms with van der Waals surface area (Å²) in [5, 5.41) is 10.6. The first kappa shape index (κ1) is 16.1. The third kappa shape index (κ3) is 3.30. The van der Waals surface area contributed by atoms with E-state index in [9.17, 15) is 18.5 Å². The van der Waals surface area contributed by atoms with Crippen molar-refractivity contribution in [3.05, 3.63) is 28.3 Å². The number of benzene rings is 1. The number of thioether (sulfide) groups is 1. The Kier molecular flexibility index (Phi) is 4.45. The summed E-state index contributed by atoms with van der Waals surface area (Å²) in [5.41, 5.74) is 5.28. The molecule has 1 saturated carbocycles. The van der Waals surface area contributed by atoms with Crippen molar-refractivity contribution < 1.29 is 13.3 Å². The van der Waals surface area contributed by atoms with Gasteiger partial charge in [0.1, 0.15) is 4.90 Å². The first-order valence-corrected chi connectivity index (χ1v) is 9.09. The van der Waals surface area contributed by atoms with Crippen molar-refractivity contribution in [3.8, 4) is 0 Å². The van der Waals surface area contributed by atoms with Crippen LogP contribution in [0.2, 0.25) is 0 Å². The Balaban J connectivity index is 2.18. The minimum atomic E-state index is -3.76. The number of nitrogens with zero attached hydrogens (tertiary/aromatic N) is 1. The number of nitrogens with one attached hydrogen (secondary N) is 1. The molecule has 0 aliphatic heterocycles. The number of hydrogen-bond acceptors (Lipinski definition) is 6. The monoisotopic (exact) mass is 331 g/mol. The molecule has 0 atom stereocenters. The van der Waals surface area contributed by atoms with Crippen LogP contribution in [0.3, 0.4) is 0 Å². The minimum Gasteiger partial charge on any atom is -0.397 e. The molecule has 3 N–H and O–H groups in total. The molecule has 1 aliphatic rings. The lowest BCUT2D eigenvalue weighted by Gasteiger charge is -2.40. The van der Waals surface area contributed by atoms with E-state index in [2.05, 4.69) is 4.72 Å². The molecule has 0 bridgehead atoms. The third-order valence-corrected chi connectivity index (χ3v) is 6.67. The van der Waals surface area contributed by atoms with E-state index in [4.69, 9.17) is 5.73 Å². The van der Waals surface area contributed by atoms with Gasteiger partial charge < -0.3 is 5.73 Å². The Morgan fingerprint density at radius 1 is 1.48 bits per heavy atom. The van der Waals surface area contributed by atoms with E-state index < -0.39 is 14.9 Å². The molecule has 0 heterocycles. The summed E-state index contributed by atoms with van der Waals surface area (Å²) in [6.45, 7) is 0.340. The van der Waals surface area contributed by atoms with Crippen LogP contribution in [0.15, 0.2) is 23.1 Å². The Morgan fingerprint density at radius 3 is 2.57 bits per heavy atom. The van der Waals surface area contributed by atoms with Crippen molar-refractivity contribution in [1.82, 2.24) is 4.72 Å². The molecule has 0 saturated heterocycles. The van der Waals surface area contributed by atoms with Gasteiger partial charge in [-0.3, -0.25) is 10.1 Å². The average Bonchev–Trinajstić information content (AvgIpc) is 2.37. The summed E-state index contributed by atoms with van der Waals surface area (Å²) < 4.78 is 27.1. The first-order valence-electron chi connectivity index (χ1n) is 6.38. The molecular formula is C12H17N3O4S2. The molecule has 1 aromatic carbocycles. The van der Waals surface area contributed by atoms with Crippen LogP contribution in [-0.4, -0.2) is 30.9 Å². The van der Waals surface area contributed by atoms with Gasteiger partial charge in [-0.2, -0.15) is 11.8 Å². The Labute approximate surface area is 127 Å². The van der Waals surface area contributed by atoms with Crippen LogP contribution in [0.1, 0.15) is 19.3 Å². The molecule has 7 nitrogen and oxygen atoms in total. The molecule has 1 aliphatic carbocycles. The maximum absolute atomic E-state index is 12.3. The van der Waals surface area contributed by atoms with Crippen molar-refractivity contribution in [2.24, 2.45) is 0 Å². The SMILES string of the molecule is CSC1(CNS(=O)(=O)c2ccc([N+](=O)[O-])cc2N)CCC1. The largest absolute Gasteiger partial charge is 0.397 e. The molecule has 0 unspecified atom stereocenters. The van der Waals surface area contributed by atoms with Crippen molar-refractivity contribution in [2.75, 3.05) is 18.5 Å². The Hall–Kier alpha value is -1.32. The molecule has 9 heteroatoms. The highest BCUT2D eigenvalue weighted by Crippen LogP contribution is 2.42. The summed E-state index contributed by atoms with van der Waals surface area (Å²) in [7, 11) is -3.76. The van der Waals surface area contributed by atoms with E-state index in [0.29, 0.717) is 6.54 Å². The third-order valence-electron chi connectivity index (χ3n) is 3.78. The number of nitro benzene ring substituents is 1. The van der Waals surface area contributed by atoms with Gasteiger partial charge >= 0.3 is 0 Å². The summed E-state index contributed by atoms with van der Waals surface area (Å²) in [5.74, 6) is 0. The predicted octanol–water partition coefficient (Wildman–Crippen LogP) is 1.74. The second kappa shape index (κ2) is 5.82. The van der Waals surface area contributed by atoms with E-state index in [1.165, 1.54) is 6.07 Å². The lowest BCUT2D eigenvalue weighted by atomic mass is 9.84. The Morgan fingerprint density at radius 2 is 2.14 bits per heavy atom. The summed E-state index contributed by atoms with van der Waals surface area (Å²) >= 11 is 1.66. The van der Waals surface area contributed by atoms with Crippen LogP contribution in [-0.2, 0) is 10.0 Å². The highest BCUT2D eigenvalue weighted by molar-refractivity contribution is 8.00. The zero-order valence-electron chi connectivity index (χ0n) is 11.5. The minimum absolute atomic E-state index is 0.0391. The fraction of sp³-hybridized carbons (Fsp3) is 0.500. The predicted molar refractivity (Wildman–Crippen MR) is 82.8 cm³/mol. The maximum Gasteiger partial charge on any atom is 0.271 e. The standard InChI is InChI=1S/C12H17N3O4S2/c1-20-12(5-2-6-12)8-14-21(18,19)11-4-3-9(15(16)17)7-10(11)13/h3-4,7,14H,2,5-6,8,13H2,1H3. The van der Waals surface area contributed by atoms with Gasteiger partial charge in [0.15, 0.2) is 0 Å². The summed E-state index contributed by atoms with van der Waals surface area (Å²) in [6, 6.07) is 3.36. The van der Waals surface area contributed by atoms with E-state index in [-0.39, 0.29) is 21.0 Å². The van der Waals surface area contributed by atoms with Crippen LogP contribution in [0.4, 0.5) is 11.4 Å². The first-order chi connectivity index (χ1) is 9.80. The molecular weight excluding hydrogens is 314 g/mol. The zero-order chi connectivity index (χ0) is 15.7. The number of nitro groups is 1. The normalized spacial score (nSPS) is 17.2. The molecule has 0 aromatic heterocycles. The van der Waals surface area contributed by atoms with Gasteiger partial charge in [0.25, 0.3) is 5.69 Å². The van der Waals surface area contributed by atoms with Crippen molar-refractivity contribution in [1.29, 1.82) is 0 Å². The number of nitrogen functional groups attached to an aromatic ring is 1. The van der Waals surface area contributed by atoms with Crippen molar-refractivity contribution in [3.63, 3.8) is 0 Å². The summed E-state index contributed by atoms with van der Waals surface area (Å²) in [4.78, 5) is 9.90. The van der Waals surface area contributed by atoms with Crippen LogP contribution in [0.25, 0.3) is 0 Å². The zero-order valence-corrected chi connectivity index (χ0v) is 13.2. The maximum atomic E-state index is 12.3. The molecule has 2 rings (SSSR count). The average molecular weight is 331 g/mol. The smallest absolute Gasteiger partial charge is 0.271 e. The topological polar surface area (TPSA) is 115 Å². The molecule has 1 aromatic rings. The second-order valence-electron chi connectivity index (χ2n) is 5.04. The van der Waals surface area contributed by atoms with Gasteiger partial charge in [-0.25, -0.2) is 13.1 Å². The van der Waals surface area contributed by atoms with Crippen LogP contribution < -0.4 is 10.5 Å². The van der Waals surface area contributed by atoms with E-state index in [0.717, 1.165) is 31.4 Å². The lowest BCUT2D eigenvalue weighted by Crippen LogP contribution is -2.45. The lowest BCUT2D eigenvalue weighted by molar-refractivity contribution is -0.384. The van der Waals surface area contributed by atoms with Crippen molar-refractivity contribution in [2.45, 2.75) is 28.9 Å². The molecule has 21 heavy (non-hydrogen) atoms. The van der Waals surface area contributed by atoms with Gasteiger partial charge in [0.05, 0.1) is 10.6 Å². The fourth-order valence-corrected chi connectivity index (χ4v) is 4.47. The van der Waals surface area contributed by atoms with Gasteiger partial charge in [0.2, 0.25) is 10.0 Å². The number of non-ortho nitro benzene ring substituents is 1. The van der Waals surface area contributed by atoms with E-state index in [1.807, 2.05) is 6.26 Å². The molecule has 0 spiro atoms. The van der Waals surface area contributed by atoms with Crippen molar-refractivity contribution >= 4 is 33.2 Å². The van der Waals surface area contributed by atoms with E-state index in [1.54, 1.807) is 11.8 Å². The quantitative estimate of drug-likeness (QED) is 0.466. The van der Waals surface area contributed by atoms with Gasteiger partial charge in [-0.1, -0.05) is 6.42 Å².